The minimum atomic E-state index is -4.84. The molecule has 3 atom stereocenters. The van der Waals surface area contributed by atoms with Crippen LogP contribution in [0.4, 0.5) is 26.3 Å². The number of aryl methyl sites for hydroxylation is 1. The molecule has 1 aliphatic carbocycles. The summed E-state index contributed by atoms with van der Waals surface area (Å²) < 4.78 is 82.5. The van der Waals surface area contributed by atoms with E-state index in [0.717, 1.165) is 13.8 Å². The minimum absolute atomic E-state index is 0.0173. The molecule has 38 heavy (non-hydrogen) atoms. The number of nitrogens with zero attached hydrogens (tertiary/aromatic N) is 1. The number of nitrogens with one attached hydrogen (secondary N) is 2. The lowest BCUT2D eigenvalue weighted by Gasteiger charge is -2.30. The van der Waals surface area contributed by atoms with E-state index in [1.807, 2.05) is 6.07 Å². The zero-order valence-corrected chi connectivity index (χ0v) is 21.0. The summed E-state index contributed by atoms with van der Waals surface area (Å²) in [5.41, 5.74) is -1.70. The van der Waals surface area contributed by atoms with Crippen LogP contribution in [0.1, 0.15) is 61.9 Å². The van der Waals surface area contributed by atoms with E-state index in [4.69, 9.17) is 0 Å². The van der Waals surface area contributed by atoms with Crippen LogP contribution in [0.5, 0.6) is 0 Å². The quantitative estimate of drug-likeness (QED) is 0.331. The van der Waals surface area contributed by atoms with Crippen LogP contribution in [0, 0.1) is 18.3 Å². The average Bonchev–Trinajstić information content (AvgIpc) is 3.59. The van der Waals surface area contributed by atoms with Crippen LogP contribution in [0.25, 0.3) is 11.1 Å². The van der Waals surface area contributed by atoms with Gasteiger partial charge in [-0.05, 0) is 61.4 Å². The third-order valence-electron chi connectivity index (χ3n) is 6.41. The summed E-state index contributed by atoms with van der Waals surface area (Å²) in [6.45, 7) is 3.93. The molecule has 0 saturated heterocycles. The van der Waals surface area contributed by atoms with E-state index in [1.54, 1.807) is 6.92 Å². The van der Waals surface area contributed by atoms with E-state index < -0.39 is 54.3 Å². The topological polar surface area (TPSA) is 85.2 Å². The molecule has 2 aromatic carbocycles. The number of alkyl halides is 6. The zero-order valence-electron chi connectivity index (χ0n) is 21.0. The van der Waals surface area contributed by atoms with E-state index >= 15 is 0 Å². The fourth-order valence-corrected chi connectivity index (χ4v) is 4.20. The van der Waals surface area contributed by atoms with Crippen molar-refractivity contribution in [1.82, 2.24) is 10.6 Å². The number of amides is 1. The van der Waals surface area contributed by atoms with Gasteiger partial charge in [0.2, 0.25) is 5.91 Å². The first-order valence-corrected chi connectivity index (χ1v) is 12.0. The van der Waals surface area contributed by atoms with Crippen LogP contribution in [-0.4, -0.2) is 40.9 Å². The van der Waals surface area contributed by atoms with Crippen molar-refractivity contribution in [2.75, 3.05) is 0 Å². The number of carbonyl (C=O) groups excluding carboxylic acids is 1. The van der Waals surface area contributed by atoms with Gasteiger partial charge in [0.1, 0.15) is 23.4 Å². The SMILES string of the molecule is Cc1cc(C(O)C(F)F)ccc1-c1ccc(C(N[C@@H](CC(C)(C)F)C(=O)NC2(C#N)CC2)C(F)(F)F)cc1. The normalized spacial score (nSPS) is 17.4. The van der Waals surface area contributed by atoms with Crippen molar-refractivity contribution >= 4 is 5.91 Å². The van der Waals surface area contributed by atoms with Crippen molar-refractivity contribution in [2.24, 2.45) is 0 Å². The second-order valence-corrected chi connectivity index (χ2v) is 10.3. The van der Waals surface area contributed by atoms with Crippen LogP contribution >= 0.6 is 0 Å². The Morgan fingerprint density at radius 3 is 2.11 bits per heavy atom. The molecule has 2 aromatic rings. The van der Waals surface area contributed by atoms with Crippen molar-refractivity contribution in [2.45, 2.75) is 82.0 Å². The molecule has 0 heterocycles. The molecule has 0 radical (unpaired) electrons. The van der Waals surface area contributed by atoms with Crippen molar-refractivity contribution in [3.8, 4) is 17.2 Å². The van der Waals surface area contributed by atoms with Gasteiger partial charge in [-0.15, -0.1) is 0 Å². The van der Waals surface area contributed by atoms with Crippen molar-refractivity contribution in [3.05, 3.63) is 59.2 Å². The summed E-state index contributed by atoms with van der Waals surface area (Å²) >= 11 is 0. The second kappa shape index (κ2) is 10.9. The van der Waals surface area contributed by atoms with Crippen LogP contribution in [-0.2, 0) is 4.79 Å². The molecular formula is C27H29F6N3O2. The molecule has 1 aliphatic rings. The molecule has 1 saturated carbocycles. The number of halogens is 6. The van der Waals surface area contributed by atoms with Crippen LogP contribution in [0.2, 0.25) is 0 Å². The number of hydrogen-bond acceptors (Lipinski definition) is 4. The van der Waals surface area contributed by atoms with Gasteiger partial charge < -0.3 is 10.4 Å². The zero-order chi connectivity index (χ0) is 28.5. The molecule has 3 rings (SSSR count). The largest absolute Gasteiger partial charge is 0.407 e. The fraction of sp³-hybridized carbons (Fsp3) is 0.481. The Balaban J connectivity index is 1.87. The van der Waals surface area contributed by atoms with Crippen molar-refractivity contribution < 1.29 is 36.2 Å². The third kappa shape index (κ3) is 7.26. The molecule has 5 nitrogen and oxygen atoms in total. The highest BCUT2D eigenvalue weighted by atomic mass is 19.4. The van der Waals surface area contributed by atoms with Gasteiger partial charge in [-0.3, -0.25) is 10.1 Å². The molecule has 1 fully saturated rings. The van der Waals surface area contributed by atoms with Gasteiger partial charge in [0, 0.05) is 6.42 Å². The standard InChI is InChI=1S/C27H29F6N3O2/c1-15-12-18(21(37)23(28)29)8-9-19(15)16-4-6-17(7-5-16)22(27(31,32)33)35-20(13-25(2,3)30)24(38)36-26(14-34)10-11-26/h4-9,12,20-23,35,37H,10-11,13H2,1-3H3,(H,36,38)/t20-,21?,22?/m0/s1. The van der Waals surface area contributed by atoms with Crippen molar-refractivity contribution in [1.29, 1.82) is 5.26 Å². The van der Waals surface area contributed by atoms with Crippen molar-refractivity contribution in [3.63, 3.8) is 0 Å². The smallest absolute Gasteiger partial charge is 0.382 e. The average molecular weight is 542 g/mol. The number of hydrogen-bond donors (Lipinski definition) is 3. The Hall–Kier alpha value is -3.10. The molecule has 3 N–H and O–H groups in total. The first-order valence-electron chi connectivity index (χ1n) is 12.0. The number of benzene rings is 2. The second-order valence-electron chi connectivity index (χ2n) is 10.3. The highest BCUT2D eigenvalue weighted by Gasteiger charge is 2.48. The summed E-state index contributed by atoms with van der Waals surface area (Å²) in [5.74, 6) is -0.887. The Labute approximate surface area is 216 Å². The molecule has 0 aromatic heterocycles. The Kier molecular flexibility index (Phi) is 8.48. The predicted octanol–water partition coefficient (Wildman–Crippen LogP) is 5.83. The maximum Gasteiger partial charge on any atom is 0.407 e. The highest BCUT2D eigenvalue weighted by molar-refractivity contribution is 5.83. The predicted molar refractivity (Wildman–Crippen MR) is 129 cm³/mol. The van der Waals surface area contributed by atoms with Gasteiger partial charge in [-0.1, -0.05) is 42.5 Å². The number of aliphatic hydroxyl groups excluding tert-OH is 1. The van der Waals surface area contributed by atoms with E-state index in [9.17, 15) is 41.5 Å². The minimum Gasteiger partial charge on any atom is -0.382 e. The Bertz CT molecular complexity index is 1180. The Morgan fingerprint density at radius 2 is 1.66 bits per heavy atom. The number of carbonyl (C=O) groups is 1. The third-order valence-corrected chi connectivity index (χ3v) is 6.41. The van der Waals surface area contributed by atoms with Gasteiger partial charge >= 0.3 is 6.18 Å². The summed E-state index contributed by atoms with van der Waals surface area (Å²) in [7, 11) is 0. The molecule has 1 amide bonds. The van der Waals surface area contributed by atoms with Crippen LogP contribution < -0.4 is 10.6 Å². The molecule has 11 heteroatoms. The lowest BCUT2D eigenvalue weighted by atomic mass is 9.94. The van der Waals surface area contributed by atoms with Gasteiger partial charge in [-0.25, -0.2) is 13.2 Å². The molecule has 0 bridgehead atoms. The molecule has 0 spiro atoms. The number of rotatable bonds is 10. The van der Waals surface area contributed by atoms with Gasteiger partial charge in [0.15, 0.2) is 0 Å². The van der Waals surface area contributed by atoms with E-state index in [-0.39, 0.29) is 11.1 Å². The van der Waals surface area contributed by atoms with Gasteiger partial charge in [0.25, 0.3) is 6.43 Å². The number of aliphatic hydroxyl groups is 1. The van der Waals surface area contributed by atoms with Crippen LogP contribution in [0.3, 0.4) is 0 Å². The molecule has 206 valence electrons. The van der Waals surface area contributed by atoms with Crippen LogP contribution in [0.15, 0.2) is 42.5 Å². The maximum atomic E-state index is 14.5. The fourth-order valence-electron chi connectivity index (χ4n) is 4.20. The summed E-state index contributed by atoms with van der Waals surface area (Å²) in [6, 6.07) is 7.54. The first-order chi connectivity index (χ1) is 17.5. The summed E-state index contributed by atoms with van der Waals surface area (Å²) in [5, 5.41) is 23.5. The summed E-state index contributed by atoms with van der Waals surface area (Å²) in [4.78, 5) is 12.8. The maximum absolute atomic E-state index is 14.5. The molecule has 0 aliphatic heterocycles. The number of nitriles is 1. The van der Waals surface area contributed by atoms with E-state index in [2.05, 4.69) is 10.6 Å². The summed E-state index contributed by atoms with van der Waals surface area (Å²) in [6.07, 6.45) is -9.57. The lowest BCUT2D eigenvalue weighted by Crippen LogP contribution is -2.53. The lowest BCUT2D eigenvalue weighted by molar-refractivity contribution is -0.161. The van der Waals surface area contributed by atoms with E-state index in [0.29, 0.717) is 29.5 Å². The monoisotopic (exact) mass is 541 g/mol. The van der Waals surface area contributed by atoms with E-state index in [1.165, 1.54) is 42.5 Å². The first kappa shape index (κ1) is 29.5. The van der Waals surface area contributed by atoms with Gasteiger partial charge in [0.05, 0.1) is 12.1 Å². The van der Waals surface area contributed by atoms with Gasteiger partial charge in [-0.2, -0.15) is 18.4 Å². The highest BCUT2D eigenvalue weighted by Crippen LogP contribution is 2.37. The molecule has 2 unspecified atom stereocenters. The Morgan fingerprint density at radius 1 is 1.08 bits per heavy atom. The molecular weight excluding hydrogens is 512 g/mol.